The second-order valence-electron chi connectivity index (χ2n) is 6.20. The Kier molecular flexibility index (Phi) is 4.23. The molecule has 2 heterocycles. The van der Waals surface area contributed by atoms with Crippen LogP contribution in [0.3, 0.4) is 0 Å². The highest BCUT2D eigenvalue weighted by atomic mass is 16.1. The van der Waals surface area contributed by atoms with Gasteiger partial charge in [-0.1, -0.05) is 12.1 Å². The molecule has 130 valence electrons. The first-order chi connectivity index (χ1) is 12.7. The van der Waals surface area contributed by atoms with Gasteiger partial charge in [-0.05, 0) is 49.4 Å². The van der Waals surface area contributed by atoms with Crippen LogP contribution in [-0.4, -0.2) is 25.7 Å². The summed E-state index contributed by atoms with van der Waals surface area (Å²) in [6.07, 6.45) is 2.26. The first-order valence-corrected chi connectivity index (χ1v) is 8.52. The fourth-order valence-electron chi connectivity index (χ4n) is 2.83. The summed E-state index contributed by atoms with van der Waals surface area (Å²) >= 11 is 0. The van der Waals surface area contributed by atoms with Crippen molar-refractivity contribution < 1.29 is 4.79 Å². The molecule has 0 atom stereocenters. The number of aryl methyl sites for hydroxylation is 2. The average Bonchev–Trinajstić information content (AvgIpc) is 3.26. The van der Waals surface area contributed by atoms with E-state index in [1.807, 2.05) is 67.7 Å². The zero-order valence-corrected chi connectivity index (χ0v) is 14.4. The van der Waals surface area contributed by atoms with Crippen molar-refractivity contribution in [2.45, 2.75) is 19.9 Å². The number of para-hydroxylation sites is 2. The molecule has 2 aromatic heterocycles. The largest absolute Gasteiger partial charge is 0.338 e. The predicted octanol–water partition coefficient (Wildman–Crippen LogP) is 3.76. The highest BCUT2D eigenvalue weighted by Gasteiger charge is 2.07. The van der Waals surface area contributed by atoms with Gasteiger partial charge in [0.05, 0.1) is 16.7 Å². The van der Waals surface area contributed by atoms with Crippen molar-refractivity contribution in [1.82, 2.24) is 19.7 Å². The Balaban J connectivity index is 1.40. The number of carbonyl (C=O) groups excluding carboxylic acids is 1. The lowest BCUT2D eigenvalue weighted by molar-refractivity contribution is -0.116. The lowest BCUT2D eigenvalue weighted by atomic mass is 10.2. The molecule has 0 unspecified atom stereocenters. The van der Waals surface area contributed by atoms with Gasteiger partial charge < -0.3 is 10.3 Å². The van der Waals surface area contributed by atoms with E-state index in [9.17, 15) is 4.79 Å². The summed E-state index contributed by atoms with van der Waals surface area (Å²) < 4.78 is 1.78. The second kappa shape index (κ2) is 6.84. The van der Waals surface area contributed by atoms with Crippen LogP contribution < -0.4 is 5.32 Å². The molecule has 6 nitrogen and oxygen atoms in total. The van der Waals surface area contributed by atoms with Crippen LogP contribution in [0.1, 0.15) is 12.1 Å². The third-order valence-corrected chi connectivity index (χ3v) is 4.17. The van der Waals surface area contributed by atoms with E-state index < -0.39 is 0 Å². The van der Waals surface area contributed by atoms with Gasteiger partial charge in [0, 0.05) is 30.4 Å². The van der Waals surface area contributed by atoms with Crippen molar-refractivity contribution in [3.8, 4) is 11.4 Å². The van der Waals surface area contributed by atoms with Crippen LogP contribution in [0.4, 0.5) is 5.69 Å². The number of carbonyl (C=O) groups is 1. The first kappa shape index (κ1) is 16.1. The van der Waals surface area contributed by atoms with E-state index in [0.717, 1.165) is 33.8 Å². The number of benzene rings is 2. The van der Waals surface area contributed by atoms with Gasteiger partial charge in [0.25, 0.3) is 0 Å². The number of H-pyrrole nitrogens is 1. The molecule has 26 heavy (non-hydrogen) atoms. The van der Waals surface area contributed by atoms with Crippen LogP contribution in [0, 0.1) is 6.92 Å². The van der Waals surface area contributed by atoms with Gasteiger partial charge in [-0.3, -0.25) is 9.48 Å². The summed E-state index contributed by atoms with van der Waals surface area (Å²) in [4.78, 5) is 20.0. The maximum absolute atomic E-state index is 12.1. The minimum Gasteiger partial charge on any atom is -0.338 e. The minimum atomic E-state index is -0.0327. The van der Waals surface area contributed by atoms with E-state index in [0.29, 0.717) is 13.0 Å². The normalized spacial score (nSPS) is 11.0. The number of amides is 1. The Morgan fingerprint density at radius 3 is 2.65 bits per heavy atom. The number of imidazole rings is 1. The molecular weight excluding hydrogens is 326 g/mol. The third kappa shape index (κ3) is 3.49. The Labute approximate surface area is 150 Å². The van der Waals surface area contributed by atoms with Crippen LogP contribution in [0.2, 0.25) is 0 Å². The third-order valence-electron chi connectivity index (χ3n) is 4.17. The van der Waals surface area contributed by atoms with Crippen molar-refractivity contribution >= 4 is 22.6 Å². The van der Waals surface area contributed by atoms with Gasteiger partial charge in [0.2, 0.25) is 5.91 Å². The molecule has 0 aliphatic heterocycles. The summed E-state index contributed by atoms with van der Waals surface area (Å²) in [6, 6.07) is 17.5. The monoisotopic (exact) mass is 345 g/mol. The maximum Gasteiger partial charge on any atom is 0.226 e. The Hall–Kier alpha value is -3.41. The Morgan fingerprint density at radius 2 is 1.92 bits per heavy atom. The SMILES string of the molecule is Cc1ccn(CCC(=O)Nc2ccc(-c3nc4ccccc4[nH]3)cc2)n1. The van der Waals surface area contributed by atoms with E-state index >= 15 is 0 Å². The summed E-state index contributed by atoms with van der Waals surface area (Å²) in [7, 11) is 0. The van der Waals surface area contributed by atoms with Gasteiger partial charge in [0.1, 0.15) is 5.82 Å². The molecule has 0 bridgehead atoms. The van der Waals surface area contributed by atoms with E-state index in [-0.39, 0.29) is 5.91 Å². The lowest BCUT2D eigenvalue weighted by Gasteiger charge is -2.06. The molecule has 0 aliphatic rings. The molecule has 2 aromatic carbocycles. The number of aromatic nitrogens is 4. The van der Waals surface area contributed by atoms with Crippen molar-refractivity contribution in [3.63, 3.8) is 0 Å². The summed E-state index contributed by atoms with van der Waals surface area (Å²) in [6.45, 7) is 2.50. The second-order valence-corrected chi connectivity index (χ2v) is 6.20. The molecule has 4 aromatic rings. The number of hydrogen-bond acceptors (Lipinski definition) is 3. The van der Waals surface area contributed by atoms with E-state index in [1.165, 1.54) is 0 Å². The van der Waals surface area contributed by atoms with Gasteiger partial charge in [-0.15, -0.1) is 0 Å². The Bertz CT molecular complexity index is 1010. The zero-order valence-electron chi connectivity index (χ0n) is 14.4. The fourth-order valence-corrected chi connectivity index (χ4v) is 2.83. The van der Waals surface area contributed by atoms with Crippen LogP contribution in [0.15, 0.2) is 60.8 Å². The highest BCUT2D eigenvalue weighted by molar-refractivity contribution is 5.91. The molecule has 0 spiro atoms. The minimum absolute atomic E-state index is 0.0327. The molecule has 0 radical (unpaired) electrons. The van der Waals surface area contributed by atoms with Crippen molar-refractivity contribution in [1.29, 1.82) is 0 Å². The topological polar surface area (TPSA) is 75.6 Å². The molecule has 0 saturated heterocycles. The smallest absolute Gasteiger partial charge is 0.226 e. The van der Waals surface area contributed by atoms with Crippen molar-refractivity contribution in [3.05, 3.63) is 66.5 Å². The number of rotatable bonds is 5. The molecule has 2 N–H and O–H groups in total. The van der Waals surface area contributed by atoms with Gasteiger partial charge in [-0.2, -0.15) is 5.10 Å². The molecule has 0 saturated carbocycles. The fraction of sp³-hybridized carbons (Fsp3) is 0.150. The maximum atomic E-state index is 12.1. The van der Waals surface area contributed by atoms with Crippen LogP contribution >= 0.6 is 0 Å². The van der Waals surface area contributed by atoms with E-state index in [1.54, 1.807) is 4.68 Å². The van der Waals surface area contributed by atoms with E-state index in [2.05, 4.69) is 20.4 Å². The number of nitrogens with one attached hydrogen (secondary N) is 2. The van der Waals surface area contributed by atoms with Crippen LogP contribution in [0.25, 0.3) is 22.4 Å². The standard InChI is InChI=1S/C20H19N5O/c1-14-10-12-25(24-14)13-11-19(26)21-16-8-6-15(7-9-16)20-22-17-4-2-3-5-18(17)23-20/h2-10,12H,11,13H2,1H3,(H,21,26)(H,22,23). The van der Waals surface area contributed by atoms with E-state index in [4.69, 9.17) is 0 Å². The number of hydrogen-bond donors (Lipinski definition) is 2. The van der Waals surface area contributed by atoms with Crippen molar-refractivity contribution in [2.75, 3.05) is 5.32 Å². The molecule has 6 heteroatoms. The van der Waals surface area contributed by atoms with Gasteiger partial charge >= 0.3 is 0 Å². The number of fused-ring (bicyclic) bond motifs is 1. The number of anilines is 1. The molecule has 0 aliphatic carbocycles. The quantitative estimate of drug-likeness (QED) is 0.578. The Morgan fingerprint density at radius 1 is 1.12 bits per heavy atom. The highest BCUT2D eigenvalue weighted by Crippen LogP contribution is 2.22. The van der Waals surface area contributed by atoms with Gasteiger partial charge in [0.15, 0.2) is 0 Å². The molecule has 4 rings (SSSR count). The summed E-state index contributed by atoms with van der Waals surface area (Å²) in [5.74, 6) is 0.785. The molecular formula is C20H19N5O. The summed E-state index contributed by atoms with van der Waals surface area (Å²) in [5.41, 5.74) is 4.65. The predicted molar refractivity (Wildman–Crippen MR) is 102 cm³/mol. The average molecular weight is 345 g/mol. The zero-order chi connectivity index (χ0) is 17.9. The van der Waals surface area contributed by atoms with Crippen LogP contribution in [-0.2, 0) is 11.3 Å². The molecule has 0 fully saturated rings. The lowest BCUT2D eigenvalue weighted by Crippen LogP contribution is -2.14. The number of aromatic amines is 1. The number of nitrogens with zero attached hydrogens (tertiary/aromatic N) is 3. The van der Waals surface area contributed by atoms with Crippen LogP contribution in [0.5, 0.6) is 0 Å². The first-order valence-electron chi connectivity index (χ1n) is 8.52. The van der Waals surface area contributed by atoms with Crippen molar-refractivity contribution in [2.24, 2.45) is 0 Å². The van der Waals surface area contributed by atoms with Gasteiger partial charge in [-0.25, -0.2) is 4.98 Å². The summed E-state index contributed by atoms with van der Waals surface area (Å²) in [5, 5.41) is 7.19. The molecule has 1 amide bonds.